The molecule has 2 heterocycles. The Bertz CT molecular complexity index is 484. The van der Waals surface area contributed by atoms with E-state index in [4.69, 9.17) is 4.74 Å². The number of carbonyl (C=O) groups excluding carboxylic acids is 1. The van der Waals surface area contributed by atoms with Gasteiger partial charge in [0.2, 0.25) is 0 Å². The molecule has 1 fully saturated rings. The quantitative estimate of drug-likeness (QED) is 0.819. The summed E-state index contributed by atoms with van der Waals surface area (Å²) in [5, 5.41) is 0. The van der Waals surface area contributed by atoms with Crippen LogP contribution in [0, 0.1) is 5.82 Å². The molecule has 7 heteroatoms. The standard InChI is InChI=1S/C12H15BrFN3O2/c1-16(2)12(18)10-7-17(3-4-19-10)11-9(14)5-8(13)6-15-11/h5-6,10H,3-4,7H2,1-2H3. The first-order valence-electron chi connectivity index (χ1n) is 5.88. The Morgan fingerprint density at radius 2 is 2.37 bits per heavy atom. The second kappa shape index (κ2) is 5.83. The first-order chi connectivity index (χ1) is 8.99. The molecule has 0 spiro atoms. The zero-order chi connectivity index (χ0) is 14.0. The highest BCUT2D eigenvalue weighted by Crippen LogP contribution is 2.22. The van der Waals surface area contributed by atoms with Crippen molar-refractivity contribution in [2.75, 3.05) is 38.7 Å². The van der Waals surface area contributed by atoms with Gasteiger partial charge < -0.3 is 14.5 Å². The number of hydrogen-bond acceptors (Lipinski definition) is 4. The molecule has 1 aromatic heterocycles. The minimum Gasteiger partial charge on any atom is -0.365 e. The van der Waals surface area contributed by atoms with Crippen LogP contribution in [-0.2, 0) is 9.53 Å². The largest absolute Gasteiger partial charge is 0.365 e. The van der Waals surface area contributed by atoms with Gasteiger partial charge in [-0.2, -0.15) is 0 Å². The van der Waals surface area contributed by atoms with Crippen LogP contribution in [-0.4, -0.2) is 55.7 Å². The van der Waals surface area contributed by atoms with Gasteiger partial charge in [0.1, 0.15) is 0 Å². The van der Waals surface area contributed by atoms with E-state index in [0.717, 1.165) is 0 Å². The summed E-state index contributed by atoms with van der Waals surface area (Å²) in [6.45, 7) is 1.20. The van der Waals surface area contributed by atoms with Gasteiger partial charge >= 0.3 is 0 Å². The van der Waals surface area contributed by atoms with E-state index in [1.54, 1.807) is 19.0 Å². The summed E-state index contributed by atoms with van der Waals surface area (Å²) in [7, 11) is 3.34. The predicted molar refractivity (Wildman–Crippen MR) is 72.5 cm³/mol. The number of morpholine rings is 1. The maximum Gasteiger partial charge on any atom is 0.253 e. The molecule has 0 radical (unpaired) electrons. The van der Waals surface area contributed by atoms with Gasteiger partial charge in [-0.25, -0.2) is 9.37 Å². The van der Waals surface area contributed by atoms with Crippen LogP contribution in [0.3, 0.4) is 0 Å². The van der Waals surface area contributed by atoms with Crippen molar-refractivity contribution in [3.05, 3.63) is 22.6 Å². The van der Waals surface area contributed by atoms with Crippen molar-refractivity contribution in [1.29, 1.82) is 0 Å². The van der Waals surface area contributed by atoms with Crippen LogP contribution >= 0.6 is 15.9 Å². The van der Waals surface area contributed by atoms with E-state index in [-0.39, 0.29) is 11.7 Å². The highest BCUT2D eigenvalue weighted by atomic mass is 79.9. The molecular weight excluding hydrogens is 317 g/mol. The Labute approximate surface area is 119 Å². The Morgan fingerprint density at radius 3 is 3.00 bits per heavy atom. The molecule has 0 bridgehead atoms. The number of rotatable bonds is 2. The molecule has 1 aliphatic rings. The first kappa shape index (κ1) is 14.2. The zero-order valence-corrected chi connectivity index (χ0v) is 12.4. The van der Waals surface area contributed by atoms with Gasteiger partial charge in [-0.05, 0) is 22.0 Å². The van der Waals surface area contributed by atoms with Crippen molar-refractivity contribution in [3.63, 3.8) is 0 Å². The van der Waals surface area contributed by atoms with E-state index in [0.29, 0.717) is 24.2 Å². The van der Waals surface area contributed by atoms with Crippen molar-refractivity contribution < 1.29 is 13.9 Å². The topological polar surface area (TPSA) is 45.7 Å². The lowest BCUT2D eigenvalue weighted by Crippen LogP contribution is -2.50. The average molecular weight is 332 g/mol. The summed E-state index contributed by atoms with van der Waals surface area (Å²) in [5.41, 5.74) is 0. The maximum absolute atomic E-state index is 13.9. The van der Waals surface area contributed by atoms with Gasteiger partial charge in [0.15, 0.2) is 17.7 Å². The van der Waals surface area contributed by atoms with Crippen LogP contribution in [0.1, 0.15) is 0 Å². The van der Waals surface area contributed by atoms with E-state index in [9.17, 15) is 9.18 Å². The number of pyridine rings is 1. The molecule has 5 nitrogen and oxygen atoms in total. The summed E-state index contributed by atoms with van der Waals surface area (Å²) >= 11 is 3.17. The highest BCUT2D eigenvalue weighted by Gasteiger charge is 2.29. The number of hydrogen-bond donors (Lipinski definition) is 0. The van der Waals surface area contributed by atoms with Crippen LogP contribution in [0.4, 0.5) is 10.2 Å². The summed E-state index contributed by atoms with van der Waals surface area (Å²) in [6, 6.07) is 1.36. The molecule has 1 aromatic rings. The van der Waals surface area contributed by atoms with Gasteiger partial charge in [0.25, 0.3) is 5.91 Å². The van der Waals surface area contributed by atoms with Crippen molar-refractivity contribution >= 4 is 27.7 Å². The second-order valence-electron chi connectivity index (χ2n) is 4.50. The summed E-state index contributed by atoms with van der Waals surface area (Å²) in [5.74, 6) is -0.280. The fraction of sp³-hybridized carbons (Fsp3) is 0.500. The smallest absolute Gasteiger partial charge is 0.253 e. The van der Waals surface area contributed by atoms with Crippen LogP contribution in [0.25, 0.3) is 0 Å². The molecular formula is C12H15BrFN3O2. The minimum absolute atomic E-state index is 0.123. The fourth-order valence-corrected chi connectivity index (χ4v) is 2.22. The molecule has 1 unspecified atom stereocenters. The summed E-state index contributed by atoms with van der Waals surface area (Å²) in [4.78, 5) is 19.1. The Kier molecular flexibility index (Phi) is 4.36. The third-order valence-corrected chi connectivity index (χ3v) is 3.30. The molecule has 1 saturated heterocycles. The van der Waals surface area contributed by atoms with Gasteiger partial charge in [-0.3, -0.25) is 4.79 Å². The molecule has 0 N–H and O–H groups in total. The zero-order valence-electron chi connectivity index (χ0n) is 10.8. The molecule has 1 aliphatic heterocycles. The molecule has 0 aliphatic carbocycles. The number of nitrogens with zero attached hydrogens (tertiary/aromatic N) is 3. The van der Waals surface area contributed by atoms with E-state index in [1.165, 1.54) is 17.2 Å². The predicted octanol–water partition coefficient (Wildman–Crippen LogP) is 1.28. The minimum atomic E-state index is -0.575. The van der Waals surface area contributed by atoms with Crippen LogP contribution in [0.5, 0.6) is 0 Å². The van der Waals surface area contributed by atoms with E-state index < -0.39 is 11.9 Å². The molecule has 1 atom stereocenters. The lowest BCUT2D eigenvalue weighted by molar-refractivity contribution is -0.141. The number of ether oxygens (including phenoxy) is 1. The second-order valence-corrected chi connectivity index (χ2v) is 5.41. The lowest BCUT2D eigenvalue weighted by atomic mass is 10.2. The summed E-state index contributed by atoms with van der Waals surface area (Å²) < 4.78 is 19.9. The third kappa shape index (κ3) is 3.22. The molecule has 0 saturated carbocycles. The molecule has 2 rings (SSSR count). The van der Waals surface area contributed by atoms with Crippen molar-refractivity contribution in [2.45, 2.75) is 6.10 Å². The number of halogens is 2. The van der Waals surface area contributed by atoms with Crippen molar-refractivity contribution in [3.8, 4) is 0 Å². The van der Waals surface area contributed by atoms with Gasteiger partial charge in [-0.15, -0.1) is 0 Å². The molecule has 1 amide bonds. The lowest BCUT2D eigenvalue weighted by Gasteiger charge is -2.34. The van der Waals surface area contributed by atoms with Crippen LogP contribution < -0.4 is 4.90 Å². The van der Waals surface area contributed by atoms with E-state index in [2.05, 4.69) is 20.9 Å². The number of amides is 1. The summed E-state index contributed by atoms with van der Waals surface area (Å²) in [6.07, 6.45) is 0.963. The molecule has 104 valence electrons. The third-order valence-electron chi connectivity index (χ3n) is 2.87. The van der Waals surface area contributed by atoms with Crippen molar-refractivity contribution in [2.24, 2.45) is 0 Å². The van der Waals surface area contributed by atoms with E-state index >= 15 is 0 Å². The normalized spacial score (nSPS) is 19.4. The fourth-order valence-electron chi connectivity index (χ4n) is 1.92. The first-order valence-corrected chi connectivity index (χ1v) is 6.67. The SMILES string of the molecule is CN(C)C(=O)C1CN(c2ncc(Br)cc2F)CCO1. The Morgan fingerprint density at radius 1 is 1.63 bits per heavy atom. The van der Waals surface area contributed by atoms with Gasteiger partial charge in [0, 0.05) is 31.3 Å². The van der Waals surface area contributed by atoms with Crippen molar-refractivity contribution in [1.82, 2.24) is 9.88 Å². The Balaban J connectivity index is 2.15. The number of likely N-dealkylation sites (N-methyl/N-ethyl adjacent to an activating group) is 1. The molecule has 0 aromatic carbocycles. The van der Waals surface area contributed by atoms with E-state index in [1.807, 2.05) is 0 Å². The average Bonchev–Trinajstić information content (AvgIpc) is 2.38. The highest BCUT2D eigenvalue weighted by molar-refractivity contribution is 9.10. The van der Waals surface area contributed by atoms with Crippen LogP contribution in [0.15, 0.2) is 16.7 Å². The monoisotopic (exact) mass is 331 g/mol. The molecule has 19 heavy (non-hydrogen) atoms. The number of carbonyl (C=O) groups is 1. The van der Waals surface area contributed by atoms with Crippen LogP contribution in [0.2, 0.25) is 0 Å². The number of anilines is 1. The van der Waals surface area contributed by atoms with Gasteiger partial charge in [0.05, 0.1) is 13.2 Å². The Hall–Kier alpha value is -1.21. The number of aromatic nitrogens is 1. The maximum atomic E-state index is 13.9. The van der Waals surface area contributed by atoms with Gasteiger partial charge in [-0.1, -0.05) is 0 Å².